The number of thiophene rings is 1. The molecule has 0 fully saturated rings. The Morgan fingerprint density at radius 2 is 2.37 bits per heavy atom. The first-order chi connectivity index (χ1) is 9.26. The minimum absolute atomic E-state index is 0.523. The van der Waals surface area contributed by atoms with Gasteiger partial charge in [0.1, 0.15) is 11.6 Å². The summed E-state index contributed by atoms with van der Waals surface area (Å²) in [5, 5.41) is 12.2. The standard InChI is InChI=1S/C13H17BrN4S/c1-2-12-16-17-13-6-3-9(8-18(12)13)15-7-10-4-5-11(14)19-10/h4-5,9,15H,2-3,6-8H2,1H3/t9-/m1/s1. The van der Waals surface area contributed by atoms with Gasteiger partial charge in [-0.15, -0.1) is 21.5 Å². The van der Waals surface area contributed by atoms with Crippen LogP contribution in [0, 0.1) is 0 Å². The van der Waals surface area contributed by atoms with Crippen molar-refractivity contribution in [1.29, 1.82) is 0 Å². The molecule has 0 amide bonds. The average Bonchev–Trinajstić information content (AvgIpc) is 3.01. The normalized spacial score (nSPS) is 18.5. The number of hydrogen-bond acceptors (Lipinski definition) is 4. The van der Waals surface area contributed by atoms with Crippen LogP contribution in [0.25, 0.3) is 0 Å². The molecule has 2 aromatic heterocycles. The van der Waals surface area contributed by atoms with Gasteiger partial charge >= 0.3 is 0 Å². The molecule has 3 rings (SSSR count). The van der Waals surface area contributed by atoms with Crippen LogP contribution in [0.3, 0.4) is 0 Å². The summed E-state index contributed by atoms with van der Waals surface area (Å²) >= 11 is 5.30. The summed E-state index contributed by atoms with van der Waals surface area (Å²) in [6.07, 6.45) is 3.13. The Labute approximate surface area is 125 Å². The van der Waals surface area contributed by atoms with E-state index in [1.807, 2.05) is 0 Å². The lowest BCUT2D eigenvalue weighted by molar-refractivity contribution is 0.374. The van der Waals surface area contributed by atoms with Crippen LogP contribution in [0.15, 0.2) is 15.9 Å². The monoisotopic (exact) mass is 340 g/mol. The molecule has 0 saturated carbocycles. The Morgan fingerprint density at radius 3 is 3.11 bits per heavy atom. The molecule has 0 aromatic carbocycles. The summed E-state index contributed by atoms with van der Waals surface area (Å²) in [5.74, 6) is 2.26. The smallest absolute Gasteiger partial charge is 0.133 e. The van der Waals surface area contributed by atoms with Crippen molar-refractivity contribution in [2.75, 3.05) is 0 Å². The Hall–Kier alpha value is -0.720. The highest BCUT2D eigenvalue weighted by atomic mass is 79.9. The lowest BCUT2D eigenvalue weighted by Crippen LogP contribution is -2.37. The average molecular weight is 341 g/mol. The van der Waals surface area contributed by atoms with E-state index in [1.54, 1.807) is 11.3 Å². The number of rotatable bonds is 4. The highest BCUT2D eigenvalue weighted by Crippen LogP contribution is 2.22. The molecule has 2 aromatic rings. The van der Waals surface area contributed by atoms with Crippen molar-refractivity contribution >= 4 is 27.3 Å². The van der Waals surface area contributed by atoms with Crippen LogP contribution >= 0.6 is 27.3 Å². The second-order valence-corrected chi connectivity index (χ2v) is 7.37. The molecular formula is C13H17BrN4S. The zero-order chi connectivity index (χ0) is 13.2. The van der Waals surface area contributed by atoms with E-state index in [0.29, 0.717) is 6.04 Å². The van der Waals surface area contributed by atoms with Gasteiger partial charge in [0.15, 0.2) is 0 Å². The molecule has 0 unspecified atom stereocenters. The van der Waals surface area contributed by atoms with Gasteiger partial charge in [-0.3, -0.25) is 0 Å². The third-order valence-electron chi connectivity index (χ3n) is 3.53. The third-order valence-corrected chi connectivity index (χ3v) is 5.16. The van der Waals surface area contributed by atoms with Gasteiger partial charge in [0.05, 0.1) is 3.79 Å². The number of nitrogens with one attached hydrogen (secondary N) is 1. The van der Waals surface area contributed by atoms with Crippen LogP contribution in [-0.4, -0.2) is 20.8 Å². The molecule has 102 valence electrons. The van der Waals surface area contributed by atoms with E-state index in [-0.39, 0.29) is 0 Å². The summed E-state index contributed by atoms with van der Waals surface area (Å²) in [6, 6.07) is 4.80. The van der Waals surface area contributed by atoms with E-state index >= 15 is 0 Å². The Morgan fingerprint density at radius 1 is 1.47 bits per heavy atom. The Balaban J connectivity index is 1.62. The molecule has 0 aliphatic carbocycles. The molecular weight excluding hydrogens is 324 g/mol. The molecule has 4 nitrogen and oxygen atoms in total. The van der Waals surface area contributed by atoms with E-state index in [1.165, 1.54) is 8.66 Å². The van der Waals surface area contributed by atoms with Crippen LogP contribution in [0.5, 0.6) is 0 Å². The maximum Gasteiger partial charge on any atom is 0.133 e. The number of halogens is 1. The molecule has 1 N–H and O–H groups in total. The van der Waals surface area contributed by atoms with Crippen molar-refractivity contribution in [1.82, 2.24) is 20.1 Å². The fraction of sp³-hybridized carbons (Fsp3) is 0.538. The topological polar surface area (TPSA) is 42.7 Å². The summed E-state index contributed by atoms with van der Waals surface area (Å²) in [6.45, 7) is 4.08. The fourth-order valence-electron chi connectivity index (χ4n) is 2.50. The quantitative estimate of drug-likeness (QED) is 0.930. The van der Waals surface area contributed by atoms with Crippen molar-refractivity contribution in [2.24, 2.45) is 0 Å². The first-order valence-corrected chi connectivity index (χ1v) is 8.25. The second-order valence-electron chi connectivity index (χ2n) is 4.82. The molecule has 1 aliphatic heterocycles. The van der Waals surface area contributed by atoms with Crippen LogP contribution in [0.4, 0.5) is 0 Å². The van der Waals surface area contributed by atoms with Crippen molar-refractivity contribution in [3.05, 3.63) is 32.4 Å². The van der Waals surface area contributed by atoms with Crippen molar-refractivity contribution < 1.29 is 0 Å². The summed E-state index contributed by atoms with van der Waals surface area (Å²) < 4.78 is 3.48. The maximum absolute atomic E-state index is 4.26. The first kappa shape index (κ1) is 13.3. The van der Waals surface area contributed by atoms with Crippen molar-refractivity contribution in [3.8, 4) is 0 Å². The van der Waals surface area contributed by atoms with Gasteiger partial charge in [-0.05, 0) is 34.5 Å². The van der Waals surface area contributed by atoms with Gasteiger partial charge in [-0.25, -0.2) is 0 Å². The number of fused-ring (bicyclic) bond motifs is 1. The molecule has 1 aliphatic rings. The zero-order valence-corrected chi connectivity index (χ0v) is 13.3. The minimum atomic E-state index is 0.523. The molecule has 0 radical (unpaired) electrons. The number of nitrogens with zero attached hydrogens (tertiary/aromatic N) is 3. The van der Waals surface area contributed by atoms with E-state index < -0.39 is 0 Å². The Bertz CT molecular complexity index is 549. The number of aromatic nitrogens is 3. The SMILES string of the molecule is CCc1nnc2n1C[C@H](NCc1ccc(Br)s1)CC2. The van der Waals surface area contributed by atoms with E-state index in [4.69, 9.17) is 0 Å². The molecule has 0 bridgehead atoms. The largest absolute Gasteiger partial charge is 0.313 e. The van der Waals surface area contributed by atoms with Gasteiger partial charge in [0, 0.05) is 36.9 Å². The van der Waals surface area contributed by atoms with Gasteiger partial charge < -0.3 is 9.88 Å². The van der Waals surface area contributed by atoms with Gasteiger partial charge in [0.2, 0.25) is 0 Å². The molecule has 3 heterocycles. The van der Waals surface area contributed by atoms with Crippen LogP contribution in [0.2, 0.25) is 0 Å². The summed E-state index contributed by atoms with van der Waals surface area (Å²) in [5.41, 5.74) is 0. The predicted octanol–water partition coefficient (Wildman–Crippen LogP) is 2.77. The summed E-state index contributed by atoms with van der Waals surface area (Å²) in [7, 11) is 0. The van der Waals surface area contributed by atoms with Gasteiger partial charge in [-0.1, -0.05) is 6.92 Å². The number of hydrogen-bond donors (Lipinski definition) is 1. The molecule has 0 saturated heterocycles. The van der Waals surface area contributed by atoms with Gasteiger partial charge in [-0.2, -0.15) is 0 Å². The molecule has 19 heavy (non-hydrogen) atoms. The van der Waals surface area contributed by atoms with Crippen molar-refractivity contribution in [3.63, 3.8) is 0 Å². The minimum Gasteiger partial charge on any atom is -0.313 e. The van der Waals surface area contributed by atoms with E-state index in [2.05, 4.69) is 55.1 Å². The highest BCUT2D eigenvalue weighted by Gasteiger charge is 2.21. The Kier molecular flexibility index (Phi) is 4.00. The molecule has 1 atom stereocenters. The third kappa shape index (κ3) is 2.90. The van der Waals surface area contributed by atoms with Crippen molar-refractivity contribution in [2.45, 2.75) is 45.3 Å². The van der Waals surface area contributed by atoms with Crippen LogP contribution in [0.1, 0.15) is 29.9 Å². The molecule has 6 heteroatoms. The van der Waals surface area contributed by atoms with Gasteiger partial charge in [0.25, 0.3) is 0 Å². The maximum atomic E-state index is 4.26. The van der Waals surface area contributed by atoms with E-state index in [0.717, 1.165) is 44.0 Å². The fourth-order valence-corrected chi connectivity index (χ4v) is 3.94. The lowest BCUT2D eigenvalue weighted by atomic mass is 10.1. The lowest BCUT2D eigenvalue weighted by Gasteiger charge is -2.25. The van der Waals surface area contributed by atoms with Crippen LogP contribution in [-0.2, 0) is 25.9 Å². The highest BCUT2D eigenvalue weighted by molar-refractivity contribution is 9.11. The zero-order valence-electron chi connectivity index (χ0n) is 10.9. The summed E-state index contributed by atoms with van der Waals surface area (Å²) in [4.78, 5) is 1.37. The first-order valence-electron chi connectivity index (χ1n) is 6.65. The number of aryl methyl sites for hydroxylation is 2. The van der Waals surface area contributed by atoms with Crippen LogP contribution < -0.4 is 5.32 Å². The predicted molar refractivity (Wildman–Crippen MR) is 80.4 cm³/mol. The second kappa shape index (κ2) is 5.73. The van der Waals surface area contributed by atoms with E-state index in [9.17, 15) is 0 Å². The molecule has 0 spiro atoms.